The number of nitrogens with two attached hydrogens (primary N) is 1. The molecule has 19 heavy (non-hydrogen) atoms. The molecule has 0 atom stereocenters. The fraction of sp³-hybridized carbons (Fsp3) is 0.250. The summed E-state index contributed by atoms with van der Waals surface area (Å²) in [5.74, 6) is 0. The molecule has 0 saturated carbocycles. The Morgan fingerprint density at radius 1 is 1.37 bits per heavy atom. The molecule has 0 amide bonds. The third-order valence-electron chi connectivity index (χ3n) is 2.61. The Morgan fingerprint density at radius 2 is 2.05 bits per heavy atom. The summed E-state index contributed by atoms with van der Waals surface area (Å²) in [6.07, 6.45) is 1.59. The van der Waals surface area contributed by atoms with Gasteiger partial charge in [-0.1, -0.05) is 25.5 Å². The number of hydrogen-bond donors (Lipinski definition) is 1. The van der Waals surface area contributed by atoms with Crippen LogP contribution < -0.4 is 5.14 Å². The monoisotopic (exact) mass is 343 g/mol. The van der Waals surface area contributed by atoms with Crippen molar-refractivity contribution < 1.29 is 8.42 Å². The van der Waals surface area contributed by atoms with Gasteiger partial charge in [0.2, 0.25) is 0 Å². The molecular formula is C12H14BrN3O2S. The average molecular weight is 344 g/mol. The second kappa shape index (κ2) is 5.44. The Labute approximate surface area is 120 Å². The maximum absolute atomic E-state index is 11.7. The van der Waals surface area contributed by atoms with E-state index in [0.717, 1.165) is 10.9 Å². The minimum Gasteiger partial charge on any atom is -0.223 e. The molecule has 1 heterocycles. The Morgan fingerprint density at radius 3 is 2.63 bits per heavy atom. The van der Waals surface area contributed by atoms with Crippen LogP contribution in [0.25, 0.3) is 5.69 Å². The minimum atomic E-state index is -3.82. The largest absolute Gasteiger partial charge is 0.255 e. The summed E-state index contributed by atoms with van der Waals surface area (Å²) < 4.78 is 25.4. The topological polar surface area (TPSA) is 78.0 Å². The van der Waals surface area contributed by atoms with Gasteiger partial charge in [-0.25, -0.2) is 18.2 Å². The lowest BCUT2D eigenvalue weighted by atomic mass is 10.3. The van der Waals surface area contributed by atoms with Crippen LogP contribution in [0.3, 0.4) is 0 Å². The zero-order chi connectivity index (χ0) is 14.0. The summed E-state index contributed by atoms with van der Waals surface area (Å²) in [6, 6.07) is 8.79. The van der Waals surface area contributed by atoms with Gasteiger partial charge in [0.15, 0.2) is 5.03 Å². The molecule has 5 nitrogen and oxygen atoms in total. The maximum atomic E-state index is 11.7. The van der Waals surface area contributed by atoms with Crippen molar-refractivity contribution in [2.24, 2.45) is 5.14 Å². The van der Waals surface area contributed by atoms with E-state index in [4.69, 9.17) is 5.14 Å². The second-order valence-electron chi connectivity index (χ2n) is 4.13. The van der Waals surface area contributed by atoms with Crippen molar-refractivity contribution in [1.29, 1.82) is 0 Å². The van der Waals surface area contributed by atoms with E-state index in [1.54, 1.807) is 6.07 Å². The number of rotatable bonds is 4. The van der Waals surface area contributed by atoms with Gasteiger partial charge in [0.25, 0.3) is 10.0 Å². The van der Waals surface area contributed by atoms with E-state index in [0.29, 0.717) is 17.8 Å². The van der Waals surface area contributed by atoms with Crippen molar-refractivity contribution >= 4 is 26.0 Å². The molecule has 0 saturated heterocycles. The van der Waals surface area contributed by atoms with Gasteiger partial charge in [-0.05, 0) is 34.5 Å². The highest BCUT2D eigenvalue weighted by Crippen LogP contribution is 2.24. The van der Waals surface area contributed by atoms with Gasteiger partial charge in [-0.15, -0.1) is 0 Å². The molecule has 1 aromatic heterocycles. The quantitative estimate of drug-likeness (QED) is 0.924. The molecule has 0 unspecified atom stereocenters. The van der Waals surface area contributed by atoms with Crippen molar-refractivity contribution in [3.8, 4) is 5.69 Å². The fourth-order valence-electron chi connectivity index (χ4n) is 1.79. The highest BCUT2D eigenvalue weighted by Gasteiger charge is 2.19. The van der Waals surface area contributed by atoms with Crippen LogP contribution >= 0.6 is 15.9 Å². The molecule has 0 spiro atoms. The molecule has 0 bridgehead atoms. The number of para-hydroxylation sites is 1. The van der Waals surface area contributed by atoms with Gasteiger partial charge in [0, 0.05) is 10.5 Å². The van der Waals surface area contributed by atoms with E-state index in [9.17, 15) is 8.42 Å². The van der Waals surface area contributed by atoms with Crippen molar-refractivity contribution in [3.05, 3.63) is 40.5 Å². The van der Waals surface area contributed by atoms with Crippen LogP contribution in [0, 0.1) is 0 Å². The number of primary sulfonamides is 1. The number of halogens is 1. The van der Waals surface area contributed by atoms with Crippen molar-refractivity contribution in [2.45, 2.75) is 24.8 Å². The van der Waals surface area contributed by atoms with Crippen LogP contribution in [-0.2, 0) is 16.4 Å². The van der Waals surface area contributed by atoms with E-state index >= 15 is 0 Å². The summed E-state index contributed by atoms with van der Waals surface area (Å²) >= 11 is 3.39. The lowest BCUT2D eigenvalue weighted by Gasteiger charge is -2.07. The summed E-state index contributed by atoms with van der Waals surface area (Å²) in [7, 11) is -3.82. The number of aryl methyl sites for hydroxylation is 1. The fourth-order valence-corrected chi connectivity index (χ4v) is 2.92. The lowest BCUT2D eigenvalue weighted by molar-refractivity contribution is 0.587. The third kappa shape index (κ3) is 3.05. The number of hydrogen-bond acceptors (Lipinski definition) is 3. The first kappa shape index (κ1) is 14.2. The Bertz CT molecular complexity index is 695. The van der Waals surface area contributed by atoms with Crippen molar-refractivity contribution in [2.75, 3.05) is 0 Å². The zero-order valence-electron chi connectivity index (χ0n) is 10.4. The molecular weight excluding hydrogens is 330 g/mol. The standard InChI is InChI=1S/C12H14BrN3O2S/c1-2-5-9-8-12(19(14,17)18)16(15-9)11-7-4-3-6-10(11)13/h3-4,6-8H,2,5H2,1H3,(H2,14,17,18). The number of aromatic nitrogens is 2. The van der Waals surface area contributed by atoms with E-state index in [1.807, 2.05) is 25.1 Å². The lowest BCUT2D eigenvalue weighted by Crippen LogP contribution is -2.17. The smallest absolute Gasteiger partial charge is 0.223 e. The molecule has 0 aliphatic heterocycles. The molecule has 0 fully saturated rings. The molecule has 2 rings (SSSR count). The first-order chi connectivity index (χ1) is 8.93. The first-order valence-corrected chi connectivity index (χ1v) is 8.14. The van der Waals surface area contributed by atoms with Crippen LogP contribution in [0.4, 0.5) is 0 Å². The highest BCUT2D eigenvalue weighted by molar-refractivity contribution is 9.10. The van der Waals surface area contributed by atoms with Gasteiger partial charge in [-0.3, -0.25) is 0 Å². The summed E-state index contributed by atoms with van der Waals surface area (Å²) in [4.78, 5) is 0. The predicted molar refractivity (Wildman–Crippen MR) is 76.6 cm³/mol. The van der Waals surface area contributed by atoms with Crippen LogP contribution in [0.5, 0.6) is 0 Å². The van der Waals surface area contributed by atoms with Gasteiger partial charge in [0.1, 0.15) is 0 Å². The van der Waals surface area contributed by atoms with Crippen LogP contribution in [0.15, 0.2) is 39.8 Å². The third-order valence-corrected chi connectivity index (χ3v) is 4.15. The predicted octanol–water partition coefficient (Wildman–Crippen LogP) is 2.23. The Balaban J connectivity index is 2.65. The van der Waals surface area contributed by atoms with Crippen molar-refractivity contribution in [1.82, 2.24) is 9.78 Å². The van der Waals surface area contributed by atoms with Gasteiger partial charge >= 0.3 is 0 Å². The number of sulfonamides is 1. The Kier molecular flexibility index (Phi) is 4.07. The molecule has 2 N–H and O–H groups in total. The highest BCUT2D eigenvalue weighted by atomic mass is 79.9. The molecule has 0 aliphatic rings. The average Bonchev–Trinajstić information content (AvgIpc) is 2.74. The molecule has 0 aliphatic carbocycles. The van der Waals surface area contributed by atoms with Crippen LogP contribution in [0.2, 0.25) is 0 Å². The summed E-state index contributed by atoms with van der Waals surface area (Å²) in [6.45, 7) is 2.01. The molecule has 7 heteroatoms. The van der Waals surface area contributed by atoms with Crippen molar-refractivity contribution in [3.63, 3.8) is 0 Å². The SMILES string of the molecule is CCCc1cc(S(N)(=O)=O)n(-c2ccccc2Br)n1. The summed E-state index contributed by atoms with van der Waals surface area (Å²) in [5.41, 5.74) is 1.36. The van der Waals surface area contributed by atoms with E-state index in [1.165, 1.54) is 10.7 Å². The summed E-state index contributed by atoms with van der Waals surface area (Å²) in [5, 5.41) is 9.58. The van der Waals surface area contributed by atoms with Gasteiger partial charge < -0.3 is 0 Å². The molecule has 1 aromatic carbocycles. The zero-order valence-corrected chi connectivity index (χ0v) is 12.8. The minimum absolute atomic E-state index is 0.00264. The molecule has 2 aromatic rings. The van der Waals surface area contributed by atoms with Crippen LogP contribution in [-0.4, -0.2) is 18.2 Å². The van der Waals surface area contributed by atoms with Gasteiger partial charge in [0.05, 0.1) is 11.4 Å². The molecule has 0 radical (unpaired) electrons. The number of benzene rings is 1. The van der Waals surface area contributed by atoms with E-state index in [2.05, 4.69) is 21.0 Å². The number of nitrogens with zero attached hydrogens (tertiary/aromatic N) is 2. The second-order valence-corrected chi connectivity index (χ2v) is 6.49. The molecule has 102 valence electrons. The van der Waals surface area contributed by atoms with Crippen LogP contribution in [0.1, 0.15) is 19.0 Å². The van der Waals surface area contributed by atoms with E-state index < -0.39 is 10.0 Å². The first-order valence-electron chi connectivity index (χ1n) is 5.80. The normalized spacial score (nSPS) is 11.7. The van der Waals surface area contributed by atoms with E-state index in [-0.39, 0.29) is 5.03 Å². The Hall–Kier alpha value is -1.18. The van der Waals surface area contributed by atoms with Gasteiger partial charge in [-0.2, -0.15) is 5.10 Å². The maximum Gasteiger partial charge on any atom is 0.255 e.